The van der Waals surface area contributed by atoms with Crippen LogP contribution in [-0.2, 0) is 11.3 Å². The first kappa shape index (κ1) is 19.6. The van der Waals surface area contributed by atoms with Gasteiger partial charge in [0, 0.05) is 35.8 Å². The van der Waals surface area contributed by atoms with Crippen molar-refractivity contribution in [2.75, 3.05) is 0 Å². The molecule has 1 amide bonds. The van der Waals surface area contributed by atoms with E-state index in [1.165, 1.54) is 0 Å². The van der Waals surface area contributed by atoms with Crippen LogP contribution in [0, 0.1) is 11.3 Å². The predicted octanol–water partition coefficient (Wildman–Crippen LogP) is 3.96. The van der Waals surface area contributed by atoms with Gasteiger partial charge >= 0.3 is 0 Å². The molecule has 30 heavy (non-hydrogen) atoms. The van der Waals surface area contributed by atoms with E-state index in [1.807, 2.05) is 53.3 Å². The molecule has 6 heteroatoms. The molecule has 2 heterocycles. The lowest BCUT2D eigenvalue weighted by Gasteiger charge is -2.10. The Morgan fingerprint density at radius 3 is 2.70 bits per heavy atom. The van der Waals surface area contributed by atoms with Crippen LogP contribution in [0.3, 0.4) is 0 Å². The first-order chi connectivity index (χ1) is 14.7. The van der Waals surface area contributed by atoms with Crippen molar-refractivity contribution < 1.29 is 4.79 Å². The molecule has 1 aromatic carbocycles. The molecule has 1 saturated carbocycles. The van der Waals surface area contributed by atoms with Crippen molar-refractivity contribution in [2.24, 2.45) is 0 Å². The number of nitriles is 1. The summed E-state index contributed by atoms with van der Waals surface area (Å²) in [7, 11) is 0. The van der Waals surface area contributed by atoms with Gasteiger partial charge in [-0.1, -0.05) is 43.2 Å². The number of carbonyl (C=O) groups excluding carboxylic acids is 1. The highest BCUT2D eigenvalue weighted by Crippen LogP contribution is 2.24. The van der Waals surface area contributed by atoms with Crippen LogP contribution >= 0.6 is 0 Å². The van der Waals surface area contributed by atoms with Crippen molar-refractivity contribution >= 4 is 12.0 Å². The minimum Gasteiger partial charge on any atom is -0.349 e. The van der Waals surface area contributed by atoms with Gasteiger partial charge in [0.1, 0.15) is 17.3 Å². The van der Waals surface area contributed by atoms with E-state index >= 15 is 0 Å². The molecule has 1 aliphatic rings. The van der Waals surface area contributed by atoms with E-state index in [-0.39, 0.29) is 17.5 Å². The zero-order valence-corrected chi connectivity index (χ0v) is 16.7. The number of amides is 1. The van der Waals surface area contributed by atoms with Crippen LogP contribution in [0.4, 0.5) is 0 Å². The Morgan fingerprint density at radius 2 is 2.00 bits per heavy atom. The number of nitrogens with zero attached hydrogens (tertiary/aromatic N) is 4. The fourth-order valence-electron chi connectivity index (χ4n) is 3.76. The highest BCUT2D eigenvalue weighted by Gasteiger charge is 2.20. The van der Waals surface area contributed by atoms with Crippen molar-refractivity contribution in [3.63, 3.8) is 0 Å². The van der Waals surface area contributed by atoms with E-state index in [4.69, 9.17) is 5.10 Å². The second-order valence-corrected chi connectivity index (χ2v) is 7.48. The summed E-state index contributed by atoms with van der Waals surface area (Å²) in [6, 6.07) is 16.0. The molecule has 0 bridgehead atoms. The van der Waals surface area contributed by atoms with Gasteiger partial charge in [-0.05, 0) is 36.6 Å². The van der Waals surface area contributed by atoms with Crippen molar-refractivity contribution in [1.29, 1.82) is 5.26 Å². The van der Waals surface area contributed by atoms with Crippen LogP contribution in [-0.4, -0.2) is 26.7 Å². The Balaban J connectivity index is 1.66. The largest absolute Gasteiger partial charge is 0.349 e. The molecule has 0 saturated heterocycles. The van der Waals surface area contributed by atoms with E-state index in [1.54, 1.807) is 18.5 Å². The van der Waals surface area contributed by atoms with Crippen LogP contribution in [0.1, 0.15) is 36.8 Å². The molecular formula is C24H23N5O. The Labute approximate surface area is 175 Å². The van der Waals surface area contributed by atoms with Gasteiger partial charge in [0.25, 0.3) is 5.91 Å². The standard InChI is InChI=1S/C24H23N5O/c25-14-20(24(30)27-22-10-4-5-11-22)13-21-17-29(16-18-7-2-1-3-8-18)28-23(21)19-9-6-12-26-15-19/h1-3,6-9,12-13,15,17,22H,4-5,10-11,16H2,(H,27,30). The maximum Gasteiger partial charge on any atom is 0.262 e. The van der Waals surface area contributed by atoms with Crippen LogP contribution in [0.25, 0.3) is 17.3 Å². The summed E-state index contributed by atoms with van der Waals surface area (Å²) < 4.78 is 1.83. The first-order valence-corrected chi connectivity index (χ1v) is 10.2. The second-order valence-electron chi connectivity index (χ2n) is 7.48. The molecule has 0 radical (unpaired) electrons. The van der Waals surface area contributed by atoms with Crippen LogP contribution < -0.4 is 5.32 Å². The Morgan fingerprint density at radius 1 is 1.20 bits per heavy atom. The molecule has 150 valence electrons. The number of benzene rings is 1. The summed E-state index contributed by atoms with van der Waals surface area (Å²) in [6.07, 6.45) is 11.1. The number of hydrogen-bond acceptors (Lipinski definition) is 4. The highest BCUT2D eigenvalue weighted by atomic mass is 16.1. The van der Waals surface area contributed by atoms with Gasteiger partial charge in [-0.3, -0.25) is 14.5 Å². The average molecular weight is 397 g/mol. The molecule has 6 nitrogen and oxygen atoms in total. The molecule has 0 aliphatic heterocycles. The summed E-state index contributed by atoms with van der Waals surface area (Å²) in [5.41, 5.74) is 3.46. The van der Waals surface area contributed by atoms with Crippen molar-refractivity contribution in [3.05, 3.63) is 77.8 Å². The summed E-state index contributed by atoms with van der Waals surface area (Å²) in [5, 5.41) is 17.3. The van der Waals surface area contributed by atoms with Gasteiger partial charge in [-0.25, -0.2) is 0 Å². The second kappa shape index (κ2) is 9.19. The maximum absolute atomic E-state index is 12.6. The van der Waals surface area contributed by atoms with Crippen molar-refractivity contribution in [3.8, 4) is 17.3 Å². The fraction of sp³-hybridized carbons (Fsp3) is 0.250. The lowest BCUT2D eigenvalue weighted by molar-refractivity contribution is -0.117. The summed E-state index contributed by atoms with van der Waals surface area (Å²) >= 11 is 0. The van der Waals surface area contributed by atoms with Crippen molar-refractivity contribution in [2.45, 2.75) is 38.3 Å². The van der Waals surface area contributed by atoms with E-state index < -0.39 is 0 Å². The normalized spacial score (nSPS) is 14.4. The first-order valence-electron chi connectivity index (χ1n) is 10.2. The minimum absolute atomic E-state index is 0.0892. The van der Waals surface area contributed by atoms with Gasteiger partial charge in [-0.2, -0.15) is 10.4 Å². The molecule has 0 atom stereocenters. The number of carbonyl (C=O) groups is 1. The maximum atomic E-state index is 12.6. The molecule has 1 aliphatic carbocycles. The molecule has 1 N–H and O–H groups in total. The molecule has 1 fully saturated rings. The number of nitrogens with one attached hydrogen (secondary N) is 1. The van der Waals surface area contributed by atoms with Gasteiger partial charge in [0.2, 0.25) is 0 Å². The topological polar surface area (TPSA) is 83.6 Å². The summed E-state index contributed by atoms with van der Waals surface area (Å²) in [6.45, 7) is 0.595. The van der Waals surface area contributed by atoms with Gasteiger partial charge in [-0.15, -0.1) is 0 Å². The average Bonchev–Trinajstić information content (AvgIpc) is 3.43. The van der Waals surface area contributed by atoms with E-state index in [2.05, 4.69) is 16.4 Å². The van der Waals surface area contributed by atoms with Gasteiger partial charge < -0.3 is 5.32 Å². The molecule has 0 spiro atoms. The van der Waals surface area contributed by atoms with Crippen LogP contribution in [0.2, 0.25) is 0 Å². The monoisotopic (exact) mass is 397 g/mol. The molecular weight excluding hydrogens is 374 g/mol. The molecule has 4 rings (SSSR count). The van der Waals surface area contributed by atoms with Gasteiger partial charge in [0.15, 0.2) is 0 Å². The highest BCUT2D eigenvalue weighted by molar-refractivity contribution is 6.02. The lowest BCUT2D eigenvalue weighted by Crippen LogP contribution is -2.33. The van der Waals surface area contributed by atoms with E-state index in [0.29, 0.717) is 12.2 Å². The molecule has 3 aromatic rings. The lowest BCUT2D eigenvalue weighted by atomic mass is 10.1. The third kappa shape index (κ3) is 4.64. The Bertz CT molecular complexity index is 1070. The molecule has 0 unspecified atom stereocenters. The van der Waals surface area contributed by atoms with Crippen LogP contribution in [0.5, 0.6) is 0 Å². The third-order valence-corrected chi connectivity index (χ3v) is 5.27. The van der Waals surface area contributed by atoms with Gasteiger partial charge in [0.05, 0.1) is 6.54 Å². The minimum atomic E-state index is -0.322. The third-order valence-electron chi connectivity index (χ3n) is 5.27. The quantitative estimate of drug-likeness (QED) is 0.504. The summed E-state index contributed by atoms with van der Waals surface area (Å²) in [5.74, 6) is -0.322. The Kier molecular flexibility index (Phi) is 6.00. The SMILES string of the molecule is N#CC(=Cc1cn(Cc2ccccc2)nc1-c1cccnc1)C(=O)NC1CCCC1. The van der Waals surface area contributed by atoms with Crippen LogP contribution in [0.15, 0.2) is 66.6 Å². The number of pyridine rings is 1. The zero-order valence-electron chi connectivity index (χ0n) is 16.7. The fourth-order valence-corrected chi connectivity index (χ4v) is 3.76. The number of hydrogen-bond donors (Lipinski definition) is 1. The smallest absolute Gasteiger partial charge is 0.262 e. The number of rotatable bonds is 6. The van der Waals surface area contributed by atoms with E-state index in [9.17, 15) is 10.1 Å². The molecule has 2 aromatic heterocycles. The Hall–Kier alpha value is -3.72. The van der Waals surface area contributed by atoms with E-state index in [0.717, 1.165) is 42.4 Å². The predicted molar refractivity (Wildman–Crippen MR) is 115 cm³/mol. The summed E-state index contributed by atoms with van der Waals surface area (Å²) in [4.78, 5) is 16.8. The zero-order chi connectivity index (χ0) is 20.8. The van der Waals surface area contributed by atoms with Crippen molar-refractivity contribution in [1.82, 2.24) is 20.1 Å². The number of aromatic nitrogens is 3.